The van der Waals surface area contributed by atoms with E-state index in [1.807, 2.05) is 84.9 Å². The molecule has 3 heteroatoms. The van der Waals surface area contributed by atoms with Crippen molar-refractivity contribution in [2.45, 2.75) is 17.4 Å². The van der Waals surface area contributed by atoms with Gasteiger partial charge >= 0.3 is 0 Å². The van der Waals surface area contributed by atoms with Gasteiger partial charge in [-0.25, -0.2) is 8.42 Å². The molecule has 0 unspecified atom stereocenters. The van der Waals surface area contributed by atoms with Gasteiger partial charge in [0.15, 0.2) is 9.84 Å². The van der Waals surface area contributed by atoms with E-state index in [1.54, 1.807) is 6.92 Å². The molecule has 132 valence electrons. The van der Waals surface area contributed by atoms with Gasteiger partial charge in [-0.2, -0.15) is 0 Å². The summed E-state index contributed by atoms with van der Waals surface area (Å²) in [7, 11) is -3.47. The highest BCUT2D eigenvalue weighted by Crippen LogP contribution is 2.35. The van der Waals surface area contributed by atoms with Gasteiger partial charge in [-0.1, -0.05) is 91.0 Å². The first-order chi connectivity index (χ1) is 12.5. The Kier molecular flexibility index (Phi) is 5.10. The maximum atomic E-state index is 13.1. The summed E-state index contributed by atoms with van der Waals surface area (Å²) in [5.41, 5.74) is 3.66. The summed E-state index contributed by atoms with van der Waals surface area (Å²) in [5, 5.41) is 0. The summed E-state index contributed by atoms with van der Waals surface area (Å²) >= 11 is 0. The molecule has 0 saturated carbocycles. The van der Waals surface area contributed by atoms with Crippen LogP contribution in [-0.2, 0) is 20.3 Å². The molecule has 26 heavy (non-hydrogen) atoms. The molecule has 0 aliphatic heterocycles. The molecule has 0 fully saturated rings. The van der Waals surface area contributed by atoms with Crippen LogP contribution in [-0.4, -0.2) is 8.42 Å². The molecule has 0 amide bonds. The molecule has 0 N–H and O–H groups in total. The third kappa shape index (κ3) is 3.49. The molecular formula is C23H22O2S. The smallest absolute Gasteiger partial charge is 0.167 e. The Morgan fingerprint density at radius 2 is 1.31 bits per heavy atom. The van der Waals surface area contributed by atoms with Crippen LogP contribution < -0.4 is 0 Å². The summed E-state index contributed by atoms with van der Waals surface area (Å²) in [6.45, 7) is 5.54. The highest BCUT2D eigenvalue weighted by atomic mass is 32.2. The van der Waals surface area contributed by atoms with Gasteiger partial charge in [0.2, 0.25) is 0 Å². The van der Waals surface area contributed by atoms with Crippen LogP contribution in [0.2, 0.25) is 0 Å². The average Bonchev–Trinajstić information content (AvgIpc) is 2.68. The maximum Gasteiger partial charge on any atom is 0.167 e. The van der Waals surface area contributed by atoms with E-state index in [0.717, 1.165) is 22.3 Å². The van der Waals surface area contributed by atoms with E-state index in [1.165, 1.54) is 6.08 Å². The molecule has 0 radical (unpaired) electrons. The van der Waals surface area contributed by atoms with E-state index in [2.05, 4.69) is 6.58 Å². The van der Waals surface area contributed by atoms with Crippen molar-refractivity contribution >= 4 is 9.84 Å². The van der Waals surface area contributed by atoms with Crippen LogP contribution in [0, 0.1) is 0 Å². The lowest BCUT2D eigenvalue weighted by Gasteiger charge is -2.27. The van der Waals surface area contributed by atoms with Crippen molar-refractivity contribution in [3.05, 3.63) is 109 Å². The van der Waals surface area contributed by atoms with Crippen molar-refractivity contribution in [1.82, 2.24) is 0 Å². The standard InChI is InChI=1S/C23H22O2S/c1-3-23(2,26(24,25)18-19-10-6-4-7-11-19)22-16-14-21(15-17-22)20-12-8-5-9-13-20/h3-17H,1,18H2,2H3/t23-/m0/s1. The fraction of sp³-hybridized carbons (Fsp3) is 0.130. The van der Waals surface area contributed by atoms with E-state index in [-0.39, 0.29) is 5.75 Å². The minimum atomic E-state index is -3.47. The summed E-state index contributed by atoms with van der Waals surface area (Å²) in [6, 6.07) is 27.0. The number of rotatable bonds is 6. The van der Waals surface area contributed by atoms with Crippen LogP contribution in [0.3, 0.4) is 0 Å². The predicted molar refractivity (Wildman–Crippen MR) is 108 cm³/mol. The van der Waals surface area contributed by atoms with Gasteiger partial charge in [0.25, 0.3) is 0 Å². The van der Waals surface area contributed by atoms with E-state index in [9.17, 15) is 8.42 Å². The molecule has 0 aromatic heterocycles. The zero-order chi connectivity index (χ0) is 18.6. The fourth-order valence-electron chi connectivity index (χ4n) is 2.99. The highest BCUT2D eigenvalue weighted by Gasteiger charge is 2.37. The summed E-state index contributed by atoms with van der Waals surface area (Å²) in [5.74, 6) is -0.0171. The van der Waals surface area contributed by atoms with Crippen molar-refractivity contribution < 1.29 is 8.42 Å². The number of hydrogen-bond acceptors (Lipinski definition) is 2. The van der Waals surface area contributed by atoms with Crippen molar-refractivity contribution in [2.24, 2.45) is 0 Å². The van der Waals surface area contributed by atoms with Gasteiger partial charge < -0.3 is 0 Å². The molecule has 0 aliphatic carbocycles. The molecule has 1 atom stereocenters. The van der Waals surface area contributed by atoms with Gasteiger partial charge in [-0.05, 0) is 29.2 Å². The summed E-state index contributed by atoms with van der Waals surface area (Å²) in [4.78, 5) is 0. The van der Waals surface area contributed by atoms with Crippen LogP contribution in [0.15, 0.2) is 97.6 Å². The number of hydrogen-bond donors (Lipinski definition) is 0. The number of benzene rings is 3. The summed E-state index contributed by atoms with van der Waals surface area (Å²) < 4.78 is 25.1. The average molecular weight is 362 g/mol. The van der Waals surface area contributed by atoms with Gasteiger partial charge in [0, 0.05) is 0 Å². The first-order valence-electron chi connectivity index (χ1n) is 8.52. The lowest BCUT2D eigenvalue weighted by Crippen LogP contribution is -2.31. The van der Waals surface area contributed by atoms with Crippen LogP contribution >= 0.6 is 0 Å². The van der Waals surface area contributed by atoms with Crippen molar-refractivity contribution in [2.75, 3.05) is 0 Å². The molecule has 3 aromatic rings. The minimum Gasteiger partial charge on any atom is -0.227 e. The molecule has 3 aromatic carbocycles. The molecule has 0 aliphatic rings. The third-order valence-corrected chi connectivity index (χ3v) is 7.21. The van der Waals surface area contributed by atoms with Crippen molar-refractivity contribution in [3.8, 4) is 11.1 Å². The van der Waals surface area contributed by atoms with Crippen LogP contribution in [0.5, 0.6) is 0 Å². The van der Waals surface area contributed by atoms with Crippen molar-refractivity contribution in [1.29, 1.82) is 0 Å². The van der Waals surface area contributed by atoms with E-state index in [0.29, 0.717) is 0 Å². The minimum absolute atomic E-state index is 0.0171. The van der Waals surface area contributed by atoms with Gasteiger partial charge in [0.05, 0.1) is 5.75 Å². The Morgan fingerprint density at radius 3 is 1.85 bits per heavy atom. The van der Waals surface area contributed by atoms with Crippen LogP contribution in [0.25, 0.3) is 11.1 Å². The Bertz CT molecular complexity index is 975. The third-order valence-electron chi connectivity index (χ3n) is 4.80. The Balaban J connectivity index is 1.95. The second-order valence-corrected chi connectivity index (χ2v) is 8.87. The molecule has 0 bridgehead atoms. The molecule has 0 heterocycles. The number of sulfone groups is 1. The maximum absolute atomic E-state index is 13.1. The Labute approximate surface area is 155 Å². The molecule has 0 saturated heterocycles. The Hall–Kier alpha value is -2.65. The molecule has 0 spiro atoms. The lowest BCUT2D eigenvalue weighted by atomic mass is 9.97. The Morgan fingerprint density at radius 1 is 0.808 bits per heavy atom. The highest BCUT2D eigenvalue weighted by molar-refractivity contribution is 7.91. The molecular weight excluding hydrogens is 340 g/mol. The predicted octanol–water partition coefficient (Wildman–Crippen LogP) is 5.37. The van der Waals surface area contributed by atoms with Crippen LogP contribution in [0.1, 0.15) is 18.1 Å². The zero-order valence-corrected chi connectivity index (χ0v) is 15.6. The quantitative estimate of drug-likeness (QED) is 0.553. The SMILES string of the molecule is C=C[C@@](C)(c1ccc(-c2ccccc2)cc1)S(=O)(=O)Cc1ccccc1. The van der Waals surface area contributed by atoms with E-state index < -0.39 is 14.6 Å². The second kappa shape index (κ2) is 7.30. The second-order valence-electron chi connectivity index (χ2n) is 6.50. The fourth-order valence-corrected chi connectivity index (χ4v) is 4.67. The van der Waals surface area contributed by atoms with E-state index in [4.69, 9.17) is 0 Å². The van der Waals surface area contributed by atoms with Gasteiger partial charge in [-0.3, -0.25) is 0 Å². The first-order valence-corrected chi connectivity index (χ1v) is 10.2. The van der Waals surface area contributed by atoms with Gasteiger partial charge in [-0.15, -0.1) is 6.58 Å². The van der Waals surface area contributed by atoms with E-state index >= 15 is 0 Å². The van der Waals surface area contributed by atoms with Gasteiger partial charge in [0.1, 0.15) is 4.75 Å². The lowest BCUT2D eigenvalue weighted by molar-refractivity contribution is 0.568. The molecule has 2 nitrogen and oxygen atoms in total. The monoisotopic (exact) mass is 362 g/mol. The zero-order valence-electron chi connectivity index (χ0n) is 14.8. The summed E-state index contributed by atoms with van der Waals surface area (Å²) in [6.07, 6.45) is 1.53. The largest absolute Gasteiger partial charge is 0.227 e. The molecule has 3 rings (SSSR count). The topological polar surface area (TPSA) is 34.1 Å². The normalized spacial score (nSPS) is 13.7. The van der Waals surface area contributed by atoms with Crippen molar-refractivity contribution in [3.63, 3.8) is 0 Å². The first kappa shape index (κ1) is 18.2. The van der Waals surface area contributed by atoms with Crippen LogP contribution in [0.4, 0.5) is 0 Å².